The zero-order valence-electron chi connectivity index (χ0n) is 19.1. The summed E-state index contributed by atoms with van der Waals surface area (Å²) in [5.74, 6) is 1.17. The van der Waals surface area contributed by atoms with E-state index in [4.69, 9.17) is 13.9 Å². The van der Waals surface area contributed by atoms with Crippen LogP contribution in [0.4, 0.5) is 0 Å². The molecule has 0 fully saturated rings. The van der Waals surface area contributed by atoms with Gasteiger partial charge in [-0.15, -0.1) is 0 Å². The van der Waals surface area contributed by atoms with Gasteiger partial charge in [-0.05, 0) is 50.8 Å². The number of methoxy groups -OCH3 is 2. The van der Waals surface area contributed by atoms with Crippen molar-refractivity contribution in [3.8, 4) is 29.0 Å². The lowest BCUT2D eigenvalue weighted by atomic mass is 10.1. The molecular formula is C23H26N4O5S. The minimum atomic E-state index is -4.15. The molecule has 0 aliphatic carbocycles. The first kappa shape index (κ1) is 24.3. The number of aromatic nitrogens is 1. The lowest BCUT2D eigenvalue weighted by Crippen LogP contribution is -2.34. The van der Waals surface area contributed by atoms with Crippen molar-refractivity contribution in [2.75, 3.05) is 34.9 Å². The molecule has 1 atom stereocenters. The smallest absolute Gasteiger partial charge is 0.277 e. The molecule has 1 heterocycles. The molecule has 0 aliphatic rings. The minimum absolute atomic E-state index is 0.0241. The Morgan fingerprint density at radius 1 is 1.12 bits per heavy atom. The molecule has 0 saturated heterocycles. The summed E-state index contributed by atoms with van der Waals surface area (Å²) < 4.78 is 44.8. The highest BCUT2D eigenvalue weighted by Crippen LogP contribution is 2.31. The first-order valence-electron chi connectivity index (χ1n) is 10.1. The van der Waals surface area contributed by atoms with E-state index in [2.05, 4.69) is 9.71 Å². The first-order valence-corrected chi connectivity index (χ1v) is 11.5. The SMILES string of the molecule is COc1ccc(C(CNS(=O)(=O)c2oc(-c3ccc(C)cc3)nc2C#N)N(C)C)cc1OC. The molecule has 0 spiro atoms. The van der Waals surface area contributed by atoms with Crippen LogP contribution in [0.3, 0.4) is 0 Å². The molecule has 10 heteroatoms. The van der Waals surface area contributed by atoms with Gasteiger partial charge in [0.1, 0.15) is 6.07 Å². The molecule has 9 nitrogen and oxygen atoms in total. The molecule has 0 radical (unpaired) electrons. The van der Waals surface area contributed by atoms with Gasteiger partial charge < -0.3 is 18.8 Å². The lowest BCUT2D eigenvalue weighted by Gasteiger charge is -2.25. The third-order valence-electron chi connectivity index (χ3n) is 5.13. The Hall–Kier alpha value is -3.39. The van der Waals surface area contributed by atoms with Crippen LogP contribution in [0.15, 0.2) is 52.0 Å². The van der Waals surface area contributed by atoms with Gasteiger partial charge in [0.25, 0.3) is 15.1 Å². The van der Waals surface area contributed by atoms with E-state index < -0.39 is 15.1 Å². The molecule has 1 unspecified atom stereocenters. The molecule has 2 aromatic carbocycles. The first-order chi connectivity index (χ1) is 15.7. The molecule has 0 saturated carbocycles. The second-order valence-corrected chi connectivity index (χ2v) is 9.24. The summed E-state index contributed by atoms with van der Waals surface area (Å²) in [5.41, 5.74) is 2.13. The Kier molecular flexibility index (Phi) is 7.38. The number of hydrogen-bond acceptors (Lipinski definition) is 8. The lowest BCUT2D eigenvalue weighted by molar-refractivity contribution is 0.296. The Bertz CT molecular complexity index is 1260. The highest BCUT2D eigenvalue weighted by atomic mass is 32.2. The summed E-state index contributed by atoms with van der Waals surface area (Å²) >= 11 is 0. The molecule has 1 N–H and O–H groups in total. The van der Waals surface area contributed by atoms with Crippen LogP contribution >= 0.6 is 0 Å². The number of likely N-dealkylation sites (N-methyl/N-ethyl adjacent to an activating group) is 1. The highest BCUT2D eigenvalue weighted by Gasteiger charge is 2.28. The van der Waals surface area contributed by atoms with Crippen molar-refractivity contribution in [2.45, 2.75) is 18.1 Å². The van der Waals surface area contributed by atoms with Gasteiger partial charge in [0.05, 0.1) is 14.2 Å². The Balaban J connectivity index is 1.88. The largest absolute Gasteiger partial charge is 0.493 e. The summed E-state index contributed by atoms with van der Waals surface area (Å²) in [6.07, 6.45) is 0. The second kappa shape index (κ2) is 10.0. The Labute approximate surface area is 193 Å². The van der Waals surface area contributed by atoms with Crippen molar-refractivity contribution in [3.05, 3.63) is 59.3 Å². The number of aryl methyl sites for hydroxylation is 1. The van der Waals surface area contributed by atoms with Crippen molar-refractivity contribution in [3.63, 3.8) is 0 Å². The average molecular weight is 471 g/mol. The van der Waals surface area contributed by atoms with Crippen molar-refractivity contribution in [1.82, 2.24) is 14.6 Å². The van der Waals surface area contributed by atoms with E-state index in [-0.39, 0.29) is 24.2 Å². The van der Waals surface area contributed by atoms with E-state index in [1.165, 1.54) is 7.11 Å². The van der Waals surface area contributed by atoms with Crippen LogP contribution in [-0.2, 0) is 10.0 Å². The molecular weight excluding hydrogens is 444 g/mol. The maximum absolute atomic E-state index is 13.0. The minimum Gasteiger partial charge on any atom is -0.493 e. The van der Waals surface area contributed by atoms with Crippen molar-refractivity contribution in [1.29, 1.82) is 5.26 Å². The van der Waals surface area contributed by atoms with Gasteiger partial charge in [-0.2, -0.15) is 10.2 Å². The molecule has 0 bridgehead atoms. The number of nitrogens with zero attached hydrogens (tertiary/aromatic N) is 3. The zero-order valence-corrected chi connectivity index (χ0v) is 19.9. The van der Waals surface area contributed by atoms with E-state index in [9.17, 15) is 13.7 Å². The van der Waals surface area contributed by atoms with Crippen LogP contribution in [0.25, 0.3) is 11.5 Å². The Morgan fingerprint density at radius 2 is 1.79 bits per heavy atom. The van der Waals surface area contributed by atoms with Crippen molar-refractivity contribution >= 4 is 10.0 Å². The quantitative estimate of drug-likeness (QED) is 0.507. The van der Waals surface area contributed by atoms with Gasteiger partial charge >= 0.3 is 0 Å². The molecule has 3 rings (SSSR count). The summed E-state index contributed by atoms with van der Waals surface area (Å²) in [7, 11) is 2.60. The molecule has 3 aromatic rings. The standard InChI is InChI=1S/C23H26N4O5S/c1-15-6-8-16(9-7-15)22-26-18(13-24)23(32-22)33(28,29)25-14-19(27(2)3)17-10-11-20(30-4)21(12-17)31-5/h6-12,19,25H,14H2,1-5H3. The third-order valence-corrected chi connectivity index (χ3v) is 6.44. The molecule has 33 heavy (non-hydrogen) atoms. The van der Waals surface area contributed by atoms with Crippen LogP contribution in [0.1, 0.15) is 22.9 Å². The van der Waals surface area contributed by atoms with Crippen LogP contribution in [0, 0.1) is 18.3 Å². The maximum Gasteiger partial charge on any atom is 0.277 e. The third kappa shape index (κ3) is 5.34. The van der Waals surface area contributed by atoms with E-state index in [0.29, 0.717) is 17.1 Å². The zero-order chi connectivity index (χ0) is 24.2. The number of nitrogens with one attached hydrogen (secondary N) is 1. The second-order valence-electron chi connectivity index (χ2n) is 7.58. The molecule has 0 aliphatic heterocycles. The normalized spacial score (nSPS) is 12.4. The topological polar surface area (TPSA) is 118 Å². The molecule has 0 amide bonds. The fourth-order valence-electron chi connectivity index (χ4n) is 3.29. The average Bonchev–Trinajstić information content (AvgIpc) is 3.25. The van der Waals surface area contributed by atoms with Crippen molar-refractivity contribution in [2.24, 2.45) is 0 Å². The number of nitriles is 1. The number of hydrogen-bond donors (Lipinski definition) is 1. The predicted molar refractivity (Wildman–Crippen MR) is 123 cm³/mol. The summed E-state index contributed by atoms with van der Waals surface area (Å²) in [5, 5.41) is 8.93. The van der Waals surface area contributed by atoms with Gasteiger partial charge in [0.15, 0.2) is 17.2 Å². The van der Waals surface area contributed by atoms with E-state index >= 15 is 0 Å². The van der Waals surface area contributed by atoms with E-state index in [0.717, 1.165) is 11.1 Å². The highest BCUT2D eigenvalue weighted by molar-refractivity contribution is 7.89. The fourth-order valence-corrected chi connectivity index (χ4v) is 4.33. The summed E-state index contributed by atoms with van der Waals surface area (Å²) in [6.45, 7) is 1.95. The summed E-state index contributed by atoms with van der Waals surface area (Å²) in [4.78, 5) is 5.94. The van der Waals surface area contributed by atoms with E-state index in [1.54, 1.807) is 31.4 Å². The molecule has 1 aromatic heterocycles. The van der Waals surface area contributed by atoms with Gasteiger partial charge in [-0.1, -0.05) is 23.8 Å². The number of sulfonamides is 1. The van der Waals surface area contributed by atoms with Gasteiger partial charge in [-0.3, -0.25) is 0 Å². The predicted octanol–water partition coefficient (Wildman–Crippen LogP) is 3.12. The number of ether oxygens (including phenoxy) is 2. The van der Waals surface area contributed by atoms with Crippen LogP contribution in [0.2, 0.25) is 0 Å². The van der Waals surface area contributed by atoms with Crippen molar-refractivity contribution < 1.29 is 22.3 Å². The molecule has 174 valence electrons. The fraction of sp³-hybridized carbons (Fsp3) is 0.304. The maximum atomic E-state index is 13.0. The van der Waals surface area contributed by atoms with Crippen LogP contribution in [0.5, 0.6) is 11.5 Å². The van der Waals surface area contributed by atoms with Gasteiger partial charge in [0.2, 0.25) is 5.89 Å². The monoisotopic (exact) mass is 470 g/mol. The van der Waals surface area contributed by atoms with Gasteiger partial charge in [-0.25, -0.2) is 13.1 Å². The van der Waals surface area contributed by atoms with E-state index in [1.807, 2.05) is 50.2 Å². The Morgan fingerprint density at radius 3 is 2.36 bits per heavy atom. The van der Waals surface area contributed by atoms with Crippen LogP contribution < -0.4 is 14.2 Å². The number of oxazole rings is 1. The summed E-state index contributed by atoms with van der Waals surface area (Å²) in [6, 6.07) is 14.1. The number of benzene rings is 2. The number of rotatable bonds is 9. The van der Waals surface area contributed by atoms with Gasteiger partial charge in [0, 0.05) is 18.2 Å². The van der Waals surface area contributed by atoms with Crippen LogP contribution in [-0.4, -0.2) is 53.2 Å².